The third-order valence-corrected chi connectivity index (χ3v) is 3.18. The lowest BCUT2D eigenvalue weighted by atomic mass is 10.1. The highest BCUT2D eigenvalue weighted by atomic mass is 35.5. The standard InChI is InChI=1S/C12H18Cl2N2/c1-4-9(2)7-16(3)8-11-10(13)5-6-12(14)15-11/h5-6,9H,4,7-8H2,1-3H3. The molecule has 2 nitrogen and oxygen atoms in total. The molecule has 0 fully saturated rings. The SMILES string of the molecule is CCC(C)CN(C)Cc1nc(Cl)ccc1Cl. The highest BCUT2D eigenvalue weighted by Gasteiger charge is 2.09. The first-order valence-corrected chi connectivity index (χ1v) is 6.28. The van der Waals surface area contributed by atoms with Crippen molar-refractivity contribution in [2.24, 2.45) is 5.92 Å². The Morgan fingerprint density at radius 3 is 2.69 bits per heavy atom. The fraction of sp³-hybridized carbons (Fsp3) is 0.583. The molecule has 0 radical (unpaired) electrons. The van der Waals surface area contributed by atoms with Crippen LogP contribution in [-0.4, -0.2) is 23.5 Å². The summed E-state index contributed by atoms with van der Waals surface area (Å²) in [4.78, 5) is 6.46. The lowest BCUT2D eigenvalue weighted by Crippen LogP contribution is -2.24. The van der Waals surface area contributed by atoms with Crippen molar-refractivity contribution >= 4 is 23.2 Å². The van der Waals surface area contributed by atoms with Gasteiger partial charge in [-0.25, -0.2) is 4.98 Å². The van der Waals surface area contributed by atoms with E-state index < -0.39 is 0 Å². The number of nitrogens with zero attached hydrogens (tertiary/aromatic N) is 2. The molecule has 4 heteroatoms. The van der Waals surface area contributed by atoms with Gasteiger partial charge in [0.05, 0.1) is 10.7 Å². The van der Waals surface area contributed by atoms with E-state index >= 15 is 0 Å². The quantitative estimate of drug-likeness (QED) is 0.748. The molecule has 16 heavy (non-hydrogen) atoms. The van der Waals surface area contributed by atoms with Crippen LogP contribution in [0.3, 0.4) is 0 Å². The van der Waals surface area contributed by atoms with Gasteiger partial charge in [-0.1, -0.05) is 43.5 Å². The summed E-state index contributed by atoms with van der Waals surface area (Å²) in [6.45, 7) is 6.22. The highest BCUT2D eigenvalue weighted by Crippen LogP contribution is 2.18. The predicted octanol–water partition coefficient (Wildman–Crippen LogP) is 3.87. The Hall–Kier alpha value is -0.310. The maximum atomic E-state index is 6.06. The number of aromatic nitrogens is 1. The molecule has 0 saturated heterocycles. The van der Waals surface area contributed by atoms with Crippen LogP contribution < -0.4 is 0 Å². The third-order valence-electron chi connectivity index (χ3n) is 2.62. The summed E-state index contributed by atoms with van der Waals surface area (Å²) >= 11 is 11.9. The molecule has 1 rings (SSSR count). The molecule has 0 aromatic carbocycles. The zero-order valence-electron chi connectivity index (χ0n) is 10.0. The lowest BCUT2D eigenvalue weighted by molar-refractivity contribution is 0.272. The van der Waals surface area contributed by atoms with E-state index in [1.54, 1.807) is 12.1 Å². The van der Waals surface area contributed by atoms with E-state index in [0.717, 1.165) is 18.8 Å². The Morgan fingerprint density at radius 2 is 2.06 bits per heavy atom. The minimum Gasteiger partial charge on any atom is -0.300 e. The number of hydrogen-bond acceptors (Lipinski definition) is 2. The van der Waals surface area contributed by atoms with Gasteiger partial charge in [0.1, 0.15) is 5.15 Å². The Morgan fingerprint density at radius 1 is 1.38 bits per heavy atom. The van der Waals surface area contributed by atoms with Crippen LogP contribution in [0, 0.1) is 5.92 Å². The Balaban J connectivity index is 2.61. The fourth-order valence-electron chi connectivity index (χ4n) is 1.55. The van der Waals surface area contributed by atoms with Crippen molar-refractivity contribution < 1.29 is 0 Å². The van der Waals surface area contributed by atoms with Crippen LogP contribution >= 0.6 is 23.2 Å². The topological polar surface area (TPSA) is 16.1 Å². The van der Waals surface area contributed by atoms with Crippen molar-refractivity contribution in [3.05, 3.63) is 28.0 Å². The molecule has 0 amide bonds. The lowest BCUT2D eigenvalue weighted by Gasteiger charge is -2.20. The largest absolute Gasteiger partial charge is 0.300 e. The van der Waals surface area contributed by atoms with Gasteiger partial charge in [0, 0.05) is 13.1 Å². The van der Waals surface area contributed by atoms with Crippen LogP contribution in [0.15, 0.2) is 12.1 Å². The number of pyridine rings is 1. The predicted molar refractivity (Wildman–Crippen MR) is 70.0 cm³/mol. The van der Waals surface area contributed by atoms with Gasteiger partial charge in [0.2, 0.25) is 0 Å². The van der Waals surface area contributed by atoms with Crippen molar-refractivity contribution in [1.29, 1.82) is 0 Å². The first-order chi connectivity index (χ1) is 7.52. The number of halogens is 2. The van der Waals surface area contributed by atoms with Crippen LogP contribution in [0.2, 0.25) is 10.2 Å². The second-order valence-electron chi connectivity index (χ2n) is 4.27. The van der Waals surface area contributed by atoms with E-state index in [1.165, 1.54) is 6.42 Å². The van der Waals surface area contributed by atoms with Crippen molar-refractivity contribution in [2.45, 2.75) is 26.8 Å². The van der Waals surface area contributed by atoms with Crippen LogP contribution in [0.25, 0.3) is 0 Å². The van der Waals surface area contributed by atoms with Gasteiger partial charge in [-0.3, -0.25) is 0 Å². The smallest absolute Gasteiger partial charge is 0.129 e. The summed E-state index contributed by atoms with van der Waals surface area (Å²) in [6, 6.07) is 3.51. The minimum atomic E-state index is 0.497. The van der Waals surface area contributed by atoms with E-state index in [9.17, 15) is 0 Å². The zero-order chi connectivity index (χ0) is 12.1. The fourth-order valence-corrected chi connectivity index (χ4v) is 1.88. The molecule has 1 heterocycles. The van der Waals surface area contributed by atoms with Crippen LogP contribution in [0.5, 0.6) is 0 Å². The Bertz CT molecular complexity index is 342. The van der Waals surface area contributed by atoms with Gasteiger partial charge in [-0.2, -0.15) is 0 Å². The average Bonchev–Trinajstić information content (AvgIpc) is 2.23. The molecule has 1 atom stereocenters. The second-order valence-corrected chi connectivity index (χ2v) is 5.07. The Labute approximate surface area is 108 Å². The van der Waals surface area contributed by atoms with E-state index in [4.69, 9.17) is 23.2 Å². The van der Waals surface area contributed by atoms with Crippen molar-refractivity contribution in [3.8, 4) is 0 Å². The molecule has 1 aromatic heterocycles. The molecule has 0 aliphatic heterocycles. The molecule has 0 bridgehead atoms. The van der Waals surface area contributed by atoms with Gasteiger partial charge in [-0.05, 0) is 25.1 Å². The third kappa shape index (κ3) is 4.28. The molecule has 0 aliphatic carbocycles. The molecule has 0 saturated carbocycles. The normalized spacial score (nSPS) is 13.1. The molecule has 90 valence electrons. The van der Waals surface area contributed by atoms with Gasteiger partial charge in [-0.15, -0.1) is 0 Å². The van der Waals surface area contributed by atoms with Crippen molar-refractivity contribution in [3.63, 3.8) is 0 Å². The molecule has 1 unspecified atom stereocenters. The molecule has 0 spiro atoms. The summed E-state index contributed by atoms with van der Waals surface area (Å²) in [7, 11) is 2.07. The van der Waals surface area contributed by atoms with Crippen LogP contribution in [-0.2, 0) is 6.54 Å². The van der Waals surface area contributed by atoms with Gasteiger partial charge in [0.25, 0.3) is 0 Å². The zero-order valence-corrected chi connectivity index (χ0v) is 11.5. The molecular weight excluding hydrogens is 243 g/mol. The number of rotatable bonds is 5. The van der Waals surface area contributed by atoms with Crippen LogP contribution in [0.4, 0.5) is 0 Å². The van der Waals surface area contributed by atoms with E-state index in [2.05, 4.69) is 30.8 Å². The van der Waals surface area contributed by atoms with E-state index in [1.807, 2.05) is 0 Å². The molecular formula is C12H18Cl2N2. The van der Waals surface area contributed by atoms with Crippen molar-refractivity contribution in [1.82, 2.24) is 9.88 Å². The van der Waals surface area contributed by atoms with E-state index in [-0.39, 0.29) is 0 Å². The summed E-state index contributed by atoms with van der Waals surface area (Å²) in [6.07, 6.45) is 1.18. The summed E-state index contributed by atoms with van der Waals surface area (Å²) in [5.74, 6) is 0.683. The second kappa shape index (κ2) is 6.43. The van der Waals surface area contributed by atoms with Gasteiger partial charge < -0.3 is 4.90 Å². The maximum absolute atomic E-state index is 6.06. The number of hydrogen-bond donors (Lipinski definition) is 0. The summed E-state index contributed by atoms with van der Waals surface area (Å²) < 4.78 is 0. The maximum Gasteiger partial charge on any atom is 0.129 e. The van der Waals surface area contributed by atoms with Gasteiger partial charge in [0.15, 0.2) is 0 Å². The highest BCUT2D eigenvalue weighted by molar-refractivity contribution is 6.32. The summed E-state index contributed by atoms with van der Waals surface area (Å²) in [5, 5.41) is 1.18. The monoisotopic (exact) mass is 260 g/mol. The van der Waals surface area contributed by atoms with Crippen LogP contribution in [0.1, 0.15) is 26.0 Å². The van der Waals surface area contributed by atoms with Crippen molar-refractivity contribution in [2.75, 3.05) is 13.6 Å². The average molecular weight is 261 g/mol. The first kappa shape index (κ1) is 13.8. The molecule has 0 N–H and O–H groups in total. The molecule has 0 aliphatic rings. The summed E-state index contributed by atoms with van der Waals surface area (Å²) in [5.41, 5.74) is 0.847. The first-order valence-electron chi connectivity index (χ1n) is 5.52. The Kier molecular flexibility index (Phi) is 5.53. The molecule has 1 aromatic rings. The van der Waals surface area contributed by atoms with E-state index in [0.29, 0.717) is 16.1 Å². The van der Waals surface area contributed by atoms with Gasteiger partial charge >= 0.3 is 0 Å². The minimum absolute atomic E-state index is 0.497.